The molecular weight excluding hydrogens is 317 g/mol. The van der Waals surface area contributed by atoms with E-state index in [1.54, 1.807) is 0 Å². The van der Waals surface area contributed by atoms with Gasteiger partial charge in [-0.05, 0) is 12.1 Å². The first-order valence-electron chi connectivity index (χ1n) is 5.27. The van der Waals surface area contributed by atoms with Gasteiger partial charge < -0.3 is 5.43 Å². The van der Waals surface area contributed by atoms with Gasteiger partial charge in [0.05, 0.1) is 10.6 Å². The van der Waals surface area contributed by atoms with Gasteiger partial charge in [0.15, 0.2) is 4.90 Å². The Hall–Kier alpha value is -1.92. The number of hydrogen-bond donors (Lipinski definition) is 2. The quantitative estimate of drug-likeness (QED) is 0.474. The molecule has 0 aliphatic heterocycles. The van der Waals surface area contributed by atoms with Crippen LogP contribution in [-0.4, -0.2) is 37.4 Å². The molecule has 0 saturated heterocycles. The van der Waals surface area contributed by atoms with Crippen molar-refractivity contribution in [2.45, 2.75) is 11.1 Å². The van der Waals surface area contributed by atoms with Crippen LogP contribution in [0.4, 0.5) is 24.5 Å². The van der Waals surface area contributed by atoms with Gasteiger partial charge in [0.1, 0.15) is 6.54 Å². The summed E-state index contributed by atoms with van der Waals surface area (Å²) in [5, 5.41) is 10.8. The number of sulfonamides is 1. The van der Waals surface area contributed by atoms with E-state index in [0.29, 0.717) is 7.05 Å². The van der Waals surface area contributed by atoms with Crippen LogP contribution >= 0.6 is 0 Å². The number of hydrazine groups is 1. The van der Waals surface area contributed by atoms with Crippen LogP contribution in [0.25, 0.3) is 0 Å². The third kappa shape index (κ3) is 4.03. The summed E-state index contributed by atoms with van der Waals surface area (Å²) in [7, 11) is -4.03. The molecule has 1 aromatic carbocycles. The van der Waals surface area contributed by atoms with Crippen LogP contribution in [-0.2, 0) is 10.0 Å². The normalized spacial score (nSPS) is 12.5. The molecule has 118 valence electrons. The summed E-state index contributed by atoms with van der Waals surface area (Å²) < 4.78 is 60.9. The molecular formula is C9H11F3N4O4S. The molecule has 1 aromatic rings. The van der Waals surface area contributed by atoms with E-state index in [1.807, 2.05) is 0 Å². The van der Waals surface area contributed by atoms with Gasteiger partial charge in [-0.2, -0.15) is 17.5 Å². The number of nitrogen functional groups attached to an aromatic ring is 1. The number of nitrogens with one attached hydrogen (secondary N) is 1. The van der Waals surface area contributed by atoms with E-state index < -0.39 is 38.3 Å². The average molecular weight is 328 g/mol. The minimum Gasteiger partial charge on any atom is -0.324 e. The molecule has 0 radical (unpaired) electrons. The number of nitro groups is 1. The van der Waals surface area contributed by atoms with E-state index in [9.17, 15) is 31.7 Å². The zero-order valence-corrected chi connectivity index (χ0v) is 11.4. The van der Waals surface area contributed by atoms with Crippen molar-refractivity contribution in [3.8, 4) is 0 Å². The highest BCUT2D eigenvalue weighted by molar-refractivity contribution is 7.89. The molecule has 1 rings (SSSR count). The number of nitrogens with zero attached hydrogens (tertiary/aromatic N) is 2. The third-order valence-electron chi connectivity index (χ3n) is 2.41. The molecule has 0 bridgehead atoms. The Bertz CT molecular complexity index is 647. The summed E-state index contributed by atoms with van der Waals surface area (Å²) in [6, 6.07) is 2.75. The highest BCUT2D eigenvalue weighted by Crippen LogP contribution is 2.30. The predicted octanol–water partition coefficient (Wildman–Crippen LogP) is 1.06. The van der Waals surface area contributed by atoms with Crippen molar-refractivity contribution in [3.63, 3.8) is 0 Å². The Labute approximate surface area is 117 Å². The summed E-state index contributed by atoms with van der Waals surface area (Å²) in [5.41, 5.74) is 1.22. The van der Waals surface area contributed by atoms with Crippen molar-refractivity contribution in [1.29, 1.82) is 0 Å². The molecule has 0 amide bonds. The fourth-order valence-electron chi connectivity index (χ4n) is 1.47. The van der Waals surface area contributed by atoms with Crippen molar-refractivity contribution in [1.82, 2.24) is 4.31 Å². The number of nitrogens with two attached hydrogens (primary N) is 1. The van der Waals surface area contributed by atoms with E-state index >= 15 is 0 Å². The van der Waals surface area contributed by atoms with Crippen molar-refractivity contribution in [2.24, 2.45) is 5.84 Å². The molecule has 0 aromatic heterocycles. The Morgan fingerprint density at radius 2 is 2.00 bits per heavy atom. The number of nitro benzene ring substituents is 1. The van der Waals surface area contributed by atoms with Gasteiger partial charge in [-0.1, -0.05) is 0 Å². The number of halogens is 3. The maximum atomic E-state index is 12.3. The molecule has 0 unspecified atom stereocenters. The first-order valence-corrected chi connectivity index (χ1v) is 6.71. The Morgan fingerprint density at radius 1 is 1.43 bits per heavy atom. The van der Waals surface area contributed by atoms with E-state index in [0.717, 1.165) is 18.2 Å². The Balaban J connectivity index is 3.38. The predicted molar refractivity (Wildman–Crippen MR) is 66.8 cm³/mol. The molecule has 0 aliphatic carbocycles. The van der Waals surface area contributed by atoms with Gasteiger partial charge >= 0.3 is 6.18 Å². The van der Waals surface area contributed by atoms with Crippen LogP contribution in [0.5, 0.6) is 0 Å². The van der Waals surface area contributed by atoms with E-state index in [2.05, 4.69) is 5.43 Å². The molecule has 0 saturated carbocycles. The number of rotatable bonds is 5. The monoisotopic (exact) mass is 328 g/mol. The van der Waals surface area contributed by atoms with Gasteiger partial charge in [0.25, 0.3) is 5.69 Å². The molecule has 0 spiro atoms. The van der Waals surface area contributed by atoms with Crippen molar-refractivity contribution >= 4 is 21.4 Å². The number of alkyl halides is 3. The lowest BCUT2D eigenvalue weighted by Crippen LogP contribution is -2.36. The fourth-order valence-corrected chi connectivity index (χ4v) is 2.80. The molecule has 0 fully saturated rings. The third-order valence-corrected chi connectivity index (χ3v) is 4.25. The lowest BCUT2D eigenvalue weighted by atomic mass is 10.3. The second kappa shape index (κ2) is 5.83. The lowest BCUT2D eigenvalue weighted by molar-refractivity contribution is -0.387. The van der Waals surface area contributed by atoms with Crippen LogP contribution in [0.2, 0.25) is 0 Å². The number of anilines is 1. The van der Waals surface area contributed by atoms with Gasteiger partial charge in [-0.15, -0.1) is 0 Å². The fraction of sp³-hybridized carbons (Fsp3) is 0.333. The summed E-state index contributed by atoms with van der Waals surface area (Å²) in [5.74, 6) is 5.06. The zero-order valence-electron chi connectivity index (χ0n) is 10.6. The van der Waals surface area contributed by atoms with Crippen LogP contribution in [0.15, 0.2) is 23.1 Å². The van der Waals surface area contributed by atoms with Crippen LogP contribution in [0.3, 0.4) is 0 Å². The molecule has 0 atom stereocenters. The molecule has 21 heavy (non-hydrogen) atoms. The average Bonchev–Trinajstić information content (AvgIpc) is 2.35. The topological polar surface area (TPSA) is 119 Å². The smallest absolute Gasteiger partial charge is 0.324 e. The van der Waals surface area contributed by atoms with Crippen molar-refractivity contribution < 1.29 is 26.5 Å². The molecule has 12 heteroatoms. The van der Waals surface area contributed by atoms with Crippen LogP contribution < -0.4 is 11.3 Å². The van der Waals surface area contributed by atoms with Gasteiger partial charge in [-0.3, -0.25) is 16.0 Å². The minimum atomic E-state index is -4.78. The second-order valence-electron chi connectivity index (χ2n) is 3.96. The van der Waals surface area contributed by atoms with Crippen LogP contribution in [0, 0.1) is 10.1 Å². The van der Waals surface area contributed by atoms with E-state index in [1.165, 1.54) is 0 Å². The van der Waals surface area contributed by atoms with E-state index in [-0.39, 0.29) is 9.99 Å². The maximum Gasteiger partial charge on any atom is 0.402 e. The van der Waals surface area contributed by atoms with Crippen molar-refractivity contribution in [2.75, 3.05) is 19.0 Å². The Kier molecular flexibility index (Phi) is 4.76. The minimum absolute atomic E-state index is 0.000385. The van der Waals surface area contributed by atoms with Crippen LogP contribution in [0.1, 0.15) is 0 Å². The maximum absolute atomic E-state index is 12.3. The highest BCUT2D eigenvalue weighted by atomic mass is 32.2. The highest BCUT2D eigenvalue weighted by Gasteiger charge is 2.37. The first-order chi connectivity index (χ1) is 9.49. The van der Waals surface area contributed by atoms with Gasteiger partial charge in [0, 0.05) is 13.1 Å². The molecule has 3 N–H and O–H groups in total. The standard InChI is InChI=1S/C9H11F3N4O4S/c1-15(5-9(10,11)12)21(19,20)8-4-6(14-13)2-3-7(8)16(17)18/h2-4,14H,5,13H2,1H3. The lowest BCUT2D eigenvalue weighted by Gasteiger charge is -2.19. The summed E-state index contributed by atoms with van der Waals surface area (Å²) in [6.07, 6.45) is -4.78. The molecule has 8 nitrogen and oxygen atoms in total. The molecule has 0 aliphatic rings. The van der Waals surface area contributed by atoms with E-state index in [4.69, 9.17) is 5.84 Å². The largest absolute Gasteiger partial charge is 0.402 e. The number of hydrogen-bond acceptors (Lipinski definition) is 6. The number of benzene rings is 1. The Morgan fingerprint density at radius 3 is 2.43 bits per heavy atom. The SMILES string of the molecule is CN(CC(F)(F)F)S(=O)(=O)c1cc(NN)ccc1[N+](=O)[O-]. The summed E-state index contributed by atoms with van der Waals surface area (Å²) >= 11 is 0. The molecule has 0 heterocycles. The summed E-state index contributed by atoms with van der Waals surface area (Å²) in [6.45, 7) is -1.77. The van der Waals surface area contributed by atoms with Gasteiger partial charge in [0.2, 0.25) is 10.0 Å². The van der Waals surface area contributed by atoms with Gasteiger partial charge in [-0.25, -0.2) is 8.42 Å². The first kappa shape index (κ1) is 17.1. The summed E-state index contributed by atoms with van der Waals surface area (Å²) in [4.78, 5) is 8.94. The van der Waals surface area contributed by atoms with Crippen molar-refractivity contribution in [3.05, 3.63) is 28.3 Å². The second-order valence-corrected chi connectivity index (χ2v) is 5.97. The zero-order chi connectivity index (χ0) is 16.4.